The van der Waals surface area contributed by atoms with Crippen molar-refractivity contribution < 1.29 is 14.6 Å². The summed E-state index contributed by atoms with van der Waals surface area (Å²) in [6, 6.07) is 7.25. The molecule has 3 rings (SSSR count). The first-order valence-corrected chi connectivity index (χ1v) is 6.48. The highest BCUT2D eigenvalue weighted by Crippen LogP contribution is 2.20. The number of carboxylic acid groups (broad SMARTS) is 1. The van der Waals surface area contributed by atoms with Gasteiger partial charge in [-0.1, -0.05) is 18.2 Å². The number of hydrogen-bond donors (Lipinski definition) is 1. The van der Waals surface area contributed by atoms with Crippen LogP contribution in [0.5, 0.6) is 0 Å². The Morgan fingerprint density at radius 3 is 2.95 bits per heavy atom. The summed E-state index contributed by atoms with van der Waals surface area (Å²) in [6.45, 7) is 0.285. The van der Waals surface area contributed by atoms with E-state index in [4.69, 9.17) is 9.84 Å². The highest BCUT2D eigenvalue weighted by Gasteiger charge is 2.30. The Kier molecular flexibility index (Phi) is 3.23. The molecular weight excluding hydrogens is 260 g/mol. The molecule has 1 N–H and O–H groups in total. The third-order valence-electron chi connectivity index (χ3n) is 3.52. The Bertz CT molecular complexity index is 710. The van der Waals surface area contributed by atoms with E-state index in [0.717, 1.165) is 5.39 Å². The van der Waals surface area contributed by atoms with Crippen LogP contribution < -0.4 is 5.56 Å². The number of nitrogens with zero attached hydrogens (tertiary/aromatic N) is 2. The summed E-state index contributed by atoms with van der Waals surface area (Å²) in [6.07, 6.45) is 1.69. The maximum atomic E-state index is 12.3. The molecule has 0 saturated carbocycles. The zero-order valence-electron chi connectivity index (χ0n) is 10.7. The topological polar surface area (TPSA) is 81.4 Å². The molecule has 1 aliphatic rings. The number of rotatable bonds is 3. The fraction of sp³-hybridized carbons (Fsp3) is 0.357. The Morgan fingerprint density at radius 2 is 2.20 bits per heavy atom. The summed E-state index contributed by atoms with van der Waals surface area (Å²) >= 11 is 0. The van der Waals surface area contributed by atoms with Gasteiger partial charge in [0.2, 0.25) is 0 Å². The van der Waals surface area contributed by atoms with E-state index in [-0.39, 0.29) is 18.2 Å². The lowest BCUT2D eigenvalue weighted by Gasteiger charge is -2.12. The van der Waals surface area contributed by atoms with Crippen LogP contribution in [0.15, 0.2) is 35.3 Å². The lowest BCUT2D eigenvalue weighted by atomic mass is 10.2. The van der Waals surface area contributed by atoms with Crippen LogP contribution in [0, 0.1) is 0 Å². The van der Waals surface area contributed by atoms with Crippen molar-refractivity contribution in [2.45, 2.75) is 31.6 Å². The molecule has 0 spiro atoms. The summed E-state index contributed by atoms with van der Waals surface area (Å²) in [7, 11) is 0. The van der Waals surface area contributed by atoms with Crippen LogP contribution in [0.2, 0.25) is 0 Å². The Balaban J connectivity index is 1.84. The lowest BCUT2D eigenvalue weighted by Crippen LogP contribution is -2.30. The van der Waals surface area contributed by atoms with Gasteiger partial charge < -0.3 is 9.84 Å². The first-order chi connectivity index (χ1) is 9.65. The third kappa shape index (κ3) is 2.30. The average Bonchev–Trinajstić information content (AvgIpc) is 2.91. The molecule has 2 atom stereocenters. The van der Waals surface area contributed by atoms with Crippen molar-refractivity contribution in [1.29, 1.82) is 0 Å². The van der Waals surface area contributed by atoms with E-state index in [0.29, 0.717) is 18.2 Å². The molecule has 2 unspecified atom stereocenters. The molecule has 2 heterocycles. The van der Waals surface area contributed by atoms with E-state index in [9.17, 15) is 9.59 Å². The highest BCUT2D eigenvalue weighted by molar-refractivity contribution is 5.80. The second-order valence-corrected chi connectivity index (χ2v) is 4.88. The van der Waals surface area contributed by atoms with E-state index in [1.807, 2.05) is 12.1 Å². The van der Waals surface area contributed by atoms with Gasteiger partial charge in [0.25, 0.3) is 5.56 Å². The van der Waals surface area contributed by atoms with Gasteiger partial charge in [-0.25, -0.2) is 9.48 Å². The second-order valence-electron chi connectivity index (χ2n) is 4.88. The van der Waals surface area contributed by atoms with Crippen LogP contribution in [-0.4, -0.2) is 33.1 Å². The first kappa shape index (κ1) is 12.8. The zero-order valence-corrected chi connectivity index (χ0v) is 10.7. The molecule has 1 aromatic heterocycles. The zero-order chi connectivity index (χ0) is 14.1. The number of carboxylic acids is 1. The van der Waals surface area contributed by atoms with Gasteiger partial charge in [0.05, 0.1) is 24.2 Å². The van der Waals surface area contributed by atoms with Crippen molar-refractivity contribution in [3.8, 4) is 0 Å². The van der Waals surface area contributed by atoms with Crippen LogP contribution in [0.1, 0.15) is 12.8 Å². The van der Waals surface area contributed by atoms with Crippen molar-refractivity contribution >= 4 is 16.7 Å². The molecule has 1 aromatic carbocycles. The molecule has 0 radical (unpaired) electrons. The van der Waals surface area contributed by atoms with Crippen LogP contribution in [0.25, 0.3) is 10.8 Å². The summed E-state index contributed by atoms with van der Waals surface area (Å²) in [5.74, 6) is -0.952. The van der Waals surface area contributed by atoms with E-state index < -0.39 is 12.1 Å². The van der Waals surface area contributed by atoms with Crippen molar-refractivity contribution in [1.82, 2.24) is 9.78 Å². The summed E-state index contributed by atoms with van der Waals surface area (Å²) in [5.41, 5.74) is -0.175. The second kappa shape index (κ2) is 5.05. The molecule has 2 aromatic rings. The Hall–Kier alpha value is -2.21. The predicted octanol–water partition coefficient (Wildman–Crippen LogP) is 1.03. The Morgan fingerprint density at radius 1 is 1.40 bits per heavy atom. The quantitative estimate of drug-likeness (QED) is 0.904. The standard InChI is InChI=1S/C14H14N2O4/c17-13-11-4-2-1-3-9(11)7-15-16(13)8-10-5-6-12(20-10)14(18)19/h1-4,7,10,12H,5-6,8H2,(H,18,19). The third-order valence-corrected chi connectivity index (χ3v) is 3.52. The minimum Gasteiger partial charge on any atom is -0.479 e. The molecule has 0 bridgehead atoms. The maximum Gasteiger partial charge on any atom is 0.332 e. The van der Waals surface area contributed by atoms with Crippen molar-refractivity contribution in [2.24, 2.45) is 0 Å². The van der Waals surface area contributed by atoms with Crippen LogP contribution in [0.4, 0.5) is 0 Å². The molecule has 6 nitrogen and oxygen atoms in total. The monoisotopic (exact) mass is 274 g/mol. The fourth-order valence-corrected chi connectivity index (χ4v) is 2.47. The van der Waals surface area contributed by atoms with Gasteiger partial charge in [0.15, 0.2) is 6.10 Å². The van der Waals surface area contributed by atoms with Gasteiger partial charge >= 0.3 is 5.97 Å². The minimum atomic E-state index is -0.952. The molecule has 104 valence electrons. The summed E-state index contributed by atoms with van der Waals surface area (Å²) in [4.78, 5) is 23.1. The summed E-state index contributed by atoms with van der Waals surface area (Å²) in [5, 5.41) is 14.4. The first-order valence-electron chi connectivity index (χ1n) is 6.48. The van der Waals surface area contributed by atoms with Crippen LogP contribution >= 0.6 is 0 Å². The number of ether oxygens (including phenoxy) is 1. The number of aromatic nitrogens is 2. The number of hydrogen-bond acceptors (Lipinski definition) is 4. The molecule has 0 aliphatic carbocycles. The van der Waals surface area contributed by atoms with Gasteiger partial charge in [-0.15, -0.1) is 0 Å². The van der Waals surface area contributed by atoms with Gasteiger partial charge in [-0.2, -0.15) is 5.10 Å². The smallest absolute Gasteiger partial charge is 0.332 e. The van der Waals surface area contributed by atoms with Crippen molar-refractivity contribution in [2.75, 3.05) is 0 Å². The number of fused-ring (bicyclic) bond motifs is 1. The molecule has 20 heavy (non-hydrogen) atoms. The number of benzene rings is 1. The van der Waals surface area contributed by atoms with Gasteiger partial charge in [0.1, 0.15) is 0 Å². The highest BCUT2D eigenvalue weighted by atomic mass is 16.5. The normalized spacial score (nSPS) is 22.2. The molecule has 6 heteroatoms. The van der Waals surface area contributed by atoms with E-state index in [2.05, 4.69) is 5.10 Å². The Labute approximate surface area is 114 Å². The molecular formula is C14H14N2O4. The van der Waals surface area contributed by atoms with Crippen molar-refractivity contribution in [3.05, 3.63) is 40.8 Å². The molecule has 0 amide bonds. The SMILES string of the molecule is O=C(O)C1CCC(Cn2ncc3ccccc3c2=O)O1. The van der Waals surface area contributed by atoms with Crippen LogP contribution in [0.3, 0.4) is 0 Å². The maximum absolute atomic E-state index is 12.3. The van der Waals surface area contributed by atoms with Gasteiger partial charge in [-0.05, 0) is 18.9 Å². The van der Waals surface area contributed by atoms with E-state index in [1.54, 1.807) is 18.3 Å². The predicted molar refractivity (Wildman–Crippen MR) is 71.5 cm³/mol. The fourth-order valence-electron chi connectivity index (χ4n) is 2.47. The minimum absolute atomic E-state index is 0.175. The molecule has 1 saturated heterocycles. The molecule has 1 fully saturated rings. The molecule has 1 aliphatic heterocycles. The van der Waals surface area contributed by atoms with Gasteiger partial charge in [0, 0.05) is 5.39 Å². The largest absolute Gasteiger partial charge is 0.479 e. The number of aliphatic carboxylic acids is 1. The van der Waals surface area contributed by atoms with Crippen molar-refractivity contribution in [3.63, 3.8) is 0 Å². The van der Waals surface area contributed by atoms with Gasteiger partial charge in [-0.3, -0.25) is 4.79 Å². The average molecular weight is 274 g/mol. The van der Waals surface area contributed by atoms with Crippen LogP contribution in [-0.2, 0) is 16.1 Å². The van der Waals surface area contributed by atoms with E-state index >= 15 is 0 Å². The number of carbonyl (C=O) groups is 1. The van der Waals surface area contributed by atoms with E-state index in [1.165, 1.54) is 4.68 Å². The summed E-state index contributed by atoms with van der Waals surface area (Å²) < 4.78 is 6.74. The lowest BCUT2D eigenvalue weighted by molar-refractivity contribution is -0.149.